The first-order chi connectivity index (χ1) is 12.9. The number of nitrogens with one attached hydrogen (secondary N) is 1. The Kier molecular flexibility index (Phi) is 6.54. The lowest BCUT2D eigenvalue weighted by atomic mass is 10.1. The first kappa shape index (κ1) is 20.0. The van der Waals surface area contributed by atoms with Crippen LogP contribution in [0.4, 0.5) is 5.69 Å². The fourth-order valence-corrected chi connectivity index (χ4v) is 2.61. The van der Waals surface area contributed by atoms with Crippen LogP contribution in [-0.2, 0) is 20.7 Å². The van der Waals surface area contributed by atoms with Gasteiger partial charge >= 0.3 is 11.9 Å². The summed E-state index contributed by atoms with van der Waals surface area (Å²) in [4.78, 5) is 36.1. The smallest absolute Gasteiger partial charge is 0.339 e. The second-order valence-electron chi connectivity index (χ2n) is 5.77. The highest BCUT2D eigenvalue weighted by atomic mass is 16.5. The van der Waals surface area contributed by atoms with Gasteiger partial charge in [-0.3, -0.25) is 4.79 Å². The molecule has 0 radical (unpaired) electrons. The van der Waals surface area contributed by atoms with Gasteiger partial charge < -0.3 is 19.5 Å². The lowest BCUT2D eigenvalue weighted by Gasteiger charge is -2.12. The van der Waals surface area contributed by atoms with Crippen LogP contribution in [0, 0.1) is 6.92 Å². The van der Waals surface area contributed by atoms with Gasteiger partial charge in [-0.2, -0.15) is 0 Å². The molecular weight excluding hydrogens is 350 g/mol. The van der Waals surface area contributed by atoms with Crippen molar-refractivity contribution in [1.29, 1.82) is 0 Å². The van der Waals surface area contributed by atoms with Crippen molar-refractivity contribution in [2.75, 3.05) is 26.6 Å². The van der Waals surface area contributed by atoms with Gasteiger partial charge in [0.25, 0.3) is 0 Å². The van der Waals surface area contributed by atoms with Crippen LogP contribution >= 0.6 is 0 Å². The lowest BCUT2D eigenvalue weighted by Crippen LogP contribution is -2.18. The number of anilines is 1. The topological polar surface area (TPSA) is 90.9 Å². The zero-order valence-corrected chi connectivity index (χ0v) is 15.6. The van der Waals surface area contributed by atoms with Crippen molar-refractivity contribution in [3.8, 4) is 5.75 Å². The van der Waals surface area contributed by atoms with E-state index < -0.39 is 11.9 Å². The van der Waals surface area contributed by atoms with E-state index in [1.54, 1.807) is 19.2 Å². The number of carbonyl (C=O) groups excluding carboxylic acids is 3. The maximum atomic E-state index is 12.5. The van der Waals surface area contributed by atoms with Crippen molar-refractivity contribution in [3.05, 3.63) is 58.7 Å². The van der Waals surface area contributed by atoms with Gasteiger partial charge in [-0.25, -0.2) is 9.59 Å². The number of benzene rings is 2. The van der Waals surface area contributed by atoms with Gasteiger partial charge in [0.15, 0.2) is 0 Å². The van der Waals surface area contributed by atoms with E-state index in [9.17, 15) is 14.4 Å². The van der Waals surface area contributed by atoms with Crippen LogP contribution in [0.15, 0.2) is 36.4 Å². The normalized spacial score (nSPS) is 10.1. The summed E-state index contributed by atoms with van der Waals surface area (Å²) < 4.78 is 14.6. The Morgan fingerprint density at radius 2 is 1.63 bits per heavy atom. The van der Waals surface area contributed by atoms with Crippen molar-refractivity contribution >= 4 is 23.5 Å². The van der Waals surface area contributed by atoms with Gasteiger partial charge in [-0.15, -0.1) is 0 Å². The molecule has 2 aromatic rings. The average molecular weight is 371 g/mol. The number of hydrogen-bond acceptors (Lipinski definition) is 6. The lowest BCUT2D eigenvalue weighted by molar-refractivity contribution is -0.115. The van der Waals surface area contributed by atoms with Crippen LogP contribution in [0.3, 0.4) is 0 Å². The molecule has 0 heterocycles. The van der Waals surface area contributed by atoms with Crippen molar-refractivity contribution in [2.45, 2.75) is 13.3 Å². The van der Waals surface area contributed by atoms with Crippen LogP contribution in [-0.4, -0.2) is 39.2 Å². The highest BCUT2D eigenvalue weighted by Crippen LogP contribution is 2.22. The molecule has 1 N–H and O–H groups in total. The van der Waals surface area contributed by atoms with Gasteiger partial charge in [0.05, 0.1) is 44.6 Å². The van der Waals surface area contributed by atoms with Crippen LogP contribution in [0.2, 0.25) is 0 Å². The Labute approximate surface area is 157 Å². The van der Waals surface area contributed by atoms with Crippen LogP contribution in [0.1, 0.15) is 31.8 Å². The summed E-state index contributed by atoms with van der Waals surface area (Å²) in [5, 5.41) is 2.66. The van der Waals surface area contributed by atoms with Gasteiger partial charge in [0, 0.05) is 0 Å². The molecule has 142 valence electrons. The minimum atomic E-state index is -0.623. The summed E-state index contributed by atoms with van der Waals surface area (Å²) in [6.45, 7) is 1.88. The van der Waals surface area contributed by atoms with E-state index in [1.807, 2.05) is 13.0 Å². The highest BCUT2D eigenvalue weighted by molar-refractivity contribution is 6.03. The number of amides is 1. The first-order valence-electron chi connectivity index (χ1n) is 8.13. The van der Waals surface area contributed by atoms with E-state index in [0.29, 0.717) is 0 Å². The van der Waals surface area contributed by atoms with Crippen molar-refractivity contribution in [2.24, 2.45) is 0 Å². The third-order valence-corrected chi connectivity index (χ3v) is 3.94. The number of methoxy groups -OCH3 is 3. The fraction of sp³-hybridized carbons (Fsp3) is 0.250. The van der Waals surface area contributed by atoms with E-state index in [2.05, 4.69) is 10.1 Å². The third kappa shape index (κ3) is 4.84. The second kappa shape index (κ2) is 8.84. The summed E-state index contributed by atoms with van der Waals surface area (Å²) in [7, 11) is 4.07. The summed E-state index contributed by atoms with van der Waals surface area (Å²) in [6.07, 6.45) is 0.0912. The first-order valence-corrected chi connectivity index (χ1v) is 8.13. The molecule has 0 saturated heterocycles. The maximum absolute atomic E-state index is 12.5. The van der Waals surface area contributed by atoms with E-state index in [-0.39, 0.29) is 29.1 Å². The largest absolute Gasteiger partial charge is 0.496 e. The quantitative estimate of drug-likeness (QED) is 0.785. The van der Waals surface area contributed by atoms with E-state index >= 15 is 0 Å². The van der Waals surface area contributed by atoms with Gasteiger partial charge in [0.2, 0.25) is 5.91 Å². The molecule has 0 bridgehead atoms. The van der Waals surface area contributed by atoms with Crippen LogP contribution in [0.5, 0.6) is 5.75 Å². The zero-order chi connectivity index (χ0) is 20.0. The molecule has 7 nitrogen and oxygen atoms in total. The predicted octanol–water partition coefficient (Wildman–Crippen LogP) is 2.76. The van der Waals surface area contributed by atoms with E-state index in [1.165, 1.54) is 32.4 Å². The number of esters is 2. The Morgan fingerprint density at radius 1 is 0.926 bits per heavy atom. The minimum Gasteiger partial charge on any atom is -0.496 e. The standard InChI is InChI=1S/C20H21NO6/c1-12-9-13(5-8-17(12)25-2)10-18(22)21-16-11-14(19(23)26-3)6-7-15(16)20(24)27-4/h5-9,11H,10H2,1-4H3,(H,21,22). The Hall–Kier alpha value is -3.35. The minimum absolute atomic E-state index is 0.0912. The van der Waals surface area contributed by atoms with E-state index in [0.717, 1.165) is 16.9 Å². The molecule has 0 aliphatic rings. The summed E-state index contributed by atoms with van der Waals surface area (Å²) in [5.74, 6) is -0.806. The number of ether oxygens (including phenoxy) is 3. The molecule has 2 rings (SSSR count). The SMILES string of the molecule is COC(=O)c1ccc(C(=O)OC)c(NC(=O)Cc2ccc(OC)c(C)c2)c1. The Morgan fingerprint density at radius 3 is 2.22 bits per heavy atom. The highest BCUT2D eigenvalue weighted by Gasteiger charge is 2.17. The number of rotatable bonds is 6. The second-order valence-corrected chi connectivity index (χ2v) is 5.77. The van der Waals surface area contributed by atoms with E-state index in [4.69, 9.17) is 9.47 Å². The number of hydrogen-bond donors (Lipinski definition) is 1. The third-order valence-electron chi connectivity index (χ3n) is 3.94. The molecular formula is C20H21NO6. The van der Waals surface area contributed by atoms with Crippen LogP contribution < -0.4 is 10.1 Å². The molecule has 0 aromatic heterocycles. The van der Waals surface area contributed by atoms with Gasteiger partial charge in [-0.05, 0) is 42.3 Å². The summed E-state index contributed by atoms with van der Waals surface area (Å²) in [6, 6.07) is 9.65. The van der Waals surface area contributed by atoms with Gasteiger partial charge in [0.1, 0.15) is 5.75 Å². The molecule has 0 spiro atoms. The predicted molar refractivity (Wildman–Crippen MR) is 99.2 cm³/mol. The summed E-state index contributed by atoms with van der Waals surface area (Å²) >= 11 is 0. The molecule has 2 aromatic carbocycles. The van der Waals surface area contributed by atoms with Crippen molar-refractivity contribution < 1.29 is 28.6 Å². The Bertz CT molecular complexity index is 875. The fourth-order valence-electron chi connectivity index (χ4n) is 2.61. The van der Waals surface area contributed by atoms with Crippen LogP contribution in [0.25, 0.3) is 0 Å². The summed E-state index contributed by atoms with van der Waals surface area (Å²) in [5.41, 5.74) is 2.23. The Balaban J connectivity index is 2.25. The maximum Gasteiger partial charge on any atom is 0.339 e. The molecule has 0 fully saturated rings. The zero-order valence-electron chi connectivity index (χ0n) is 15.6. The van der Waals surface area contributed by atoms with Crippen molar-refractivity contribution in [1.82, 2.24) is 0 Å². The molecule has 0 aliphatic heterocycles. The number of aryl methyl sites for hydroxylation is 1. The molecule has 0 unspecified atom stereocenters. The molecule has 0 atom stereocenters. The molecule has 27 heavy (non-hydrogen) atoms. The molecule has 7 heteroatoms. The van der Waals surface area contributed by atoms with Crippen molar-refractivity contribution in [3.63, 3.8) is 0 Å². The molecule has 0 aliphatic carbocycles. The monoisotopic (exact) mass is 371 g/mol. The average Bonchev–Trinajstić information content (AvgIpc) is 2.66. The number of carbonyl (C=O) groups is 3. The van der Waals surface area contributed by atoms with Gasteiger partial charge in [-0.1, -0.05) is 12.1 Å². The molecule has 1 amide bonds. The molecule has 0 saturated carbocycles.